The van der Waals surface area contributed by atoms with E-state index in [1.165, 1.54) is 4.90 Å². The Bertz CT molecular complexity index is 931. The Labute approximate surface area is 170 Å². The van der Waals surface area contributed by atoms with Crippen molar-refractivity contribution < 1.29 is 9.53 Å². The lowest BCUT2D eigenvalue weighted by molar-refractivity contribution is 0.190. The van der Waals surface area contributed by atoms with Crippen LogP contribution >= 0.6 is 0 Å². The summed E-state index contributed by atoms with van der Waals surface area (Å²) < 4.78 is 5.14. The van der Waals surface area contributed by atoms with E-state index in [9.17, 15) is 4.79 Å². The molecule has 7 heteroatoms. The van der Waals surface area contributed by atoms with Gasteiger partial charge in [-0.3, -0.25) is 0 Å². The number of nitrogens with one attached hydrogen (secondary N) is 2. The molecule has 0 aliphatic rings. The molecule has 1 heterocycles. The SMILES string of the molecule is COC[C@H](C)Nc1nccc(N(C(=O)Nc2ccc(C)cc2)c2ccccc2)n1. The number of para-hydroxylation sites is 1. The van der Waals surface area contributed by atoms with Crippen LogP contribution in [-0.4, -0.2) is 35.8 Å². The van der Waals surface area contributed by atoms with Gasteiger partial charge in [0.1, 0.15) is 5.82 Å². The molecule has 0 bridgehead atoms. The molecule has 0 saturated carbocycles. The number of rotatable bonds is 7. The number of ether oxygens (including phenoxy) is 1. The van der Waals surface area contributed by atoms with Gasteiger partial charge in [-0.15, -0.1) is 0 Å². The molecule has 29 heavy (non-hydrogen) atoms. The molecule has 2 N–H and O–H groups in total. The van der Waals surface area contributed by atoms with Gasteiger partial charge in [0.2, 0.25) is 5.95 Å². The summed E-state index contributed by atoms with van der Waals surface area (Å²) in [5, 5.41) is 6.11. The molecule has 2 amide bonds. The molecule has 150 valence electrons. The Kier molecular flexibility index (Phi) is 6.76. The van der Waals surface area contributed by atoms with Gasteiger partial charge in [-0.1, -0.05) is 35.9 Å². The second kappa shape index (κ2) is 9.66. The number of hydrogen-bond donors (Lipinski definition) is 2. The fourth-order valence-corrected chi connectivity index (χ4v) is 2.80. The monoisotopic (exact) mass is 391 g/mol. The molecular formula is C22H25N5O2. The lowest BCUT2D eigenvalue weighted by Gasteiger charge is -2.23. The molecule has 1 atom stereocenters. The molecule has 0 fully saturated rings. The first-order valence-electron chi connectivity index (χ1n) is 9.38. The molecule has 3 aromatic rings. The highest BCUT2D eigenvalue weighted by Crippen LogP contribution is 2.25. The fourth-order valence-electron chi connectivity index (χ4n) is 2.80. The topological polar surface area (TPSA) is 79.4 Å². The number of hydrogen-bond acceptors (Lipinski definition) is 5. The highest BCUT2D eigenvalue weighted by atomic mass is 16.5. The minimum Gasteiger partial charge on any atom is -0.383 e. The first-order valence-corrected chi connectivity index (χ1v) is 9.38. The molecule has 1 aromatic heterocycles. The van der Waals surface area contributed by atoms with Gasteiger partial charge in [0.15, 0.2) is 0 Å². The van der Waals surface area contributed by atoms with E-state index in [-0.39, 0.29) is 12.1 Å². The van der Waals surface area contributed by atoms with E-state index >= 15 is 0 Å². The van der Waals surface area contributed by atoms with Crippen LogP contribution in [0.4, 0.5) is 27.9 Å². The zero-order chi connectivity index (χ0) is 20.6. The molecule has 0 saturated heterocycles. The maximum Gasteiger partial charge on any atom is 0.332 e. The van der Waals surface area contributed by atoms with Gasteiger partial charge in [-0.05, 0) is 38.1 Å². The van der Waals surface area contributed by atoms with Crippen LogP contribution in [0.1, 0.15) is 12.5 Å². The smallest absolute Gasteiger partial charge is 0.332 e. The van der Waals surface area contributed by atoms with Crippen molar-refractivity contribution in [2.24, 2.45) is 0 Å². The Hall–Kier alpha value is -3.45. The second-order valence-electron chi connectivity index (χ2n) is 6.71. The standard InChI is InChI=1S/C22H25N5O2/c1-16-9-11-18(12-10-16)25-22(28)27(19-7-5-4-6-8-19)20-13-14-23-21(26-20)24-17(2)15-29-3/h4-14,17H,15H2,1-3H3,(H,25,28)(H,23,24,26)/t17-/m0/s1. The summed E-state index contributed by atoms with van der Waals surface area (Å²) in [5.74, 6) is 0.888. The quantitative estimate of drug-likeness (QED) is 0.615. The minimum atomic E-state index is -0.311. The van der Waals surface area contributed by atoms with E-state index in [1.807, 2.05) is 68.4 Å². The number of carbonyl (C=O) groups is 1. The van der Waals surface area contributed by atoms with Gasteiger partial charge in [0.25, 0.3) is 0 Å². The number of aryl methyl sites for hydroxylation is 1. The van der Waals surface area contributed by atoms with Crippen molar-refractivity contribution in [1.29, 1.82) is 0 Å². The van der Waals surface area contributed by atoms with Gasteiger partial charge in [0.05, 0.1) is 12.3 Å². The molecule has 0 aliphatic carbocycles. The normalized spacial score (nSPS) is 11.6. The molecule has 0 spiro atoms. The lowest BCUT2D eigenvalue weighted by Crippen LogP contribution is -2.32. The fraction of sp³-hybridized carbons (Fsp3) is 0.227. The molecule has 0 radical (unpaired) electrons. The van der Waals surface area contributed by atoms with Crippen LogP contribution in [0.25, 0.3) is 0 Å². The van der Waals surface area contributed by atoms with Crippen LogP contribution in [-0.2, 0) is 4.74 Å². The lowest BCUT2D eigenvalue weighted by atomic mass is 10.2. The summed E-state index contributed by atoms with van der Waals surface area (Å²) in [5.41, 5.74) is 2.54. The Morgan fingerprint density at radius 2 is 1.83 bits per heavy atom. The van der Waals surface area contributed by atoms with E-state index < -0.39 is 0 Å². The van der Waals surface area contributed by atoms with Gasteiger partial charge >= 0.3 is 6.03 Å². The maximum atomic E-state index is 13.1. The number of anilines is 4. The number of benzene rings is 2. The van der Waals surface area contributed by atoms with Crippen molar-refractivity contribution >= 4 is 29.2 Å². The Balaban J connectivity index is 1.90. The van der Waals surface area contributed by atoms with Crippen molar-refractivity contribution in [3.05, 3.63) is 72.4 Å². The van der Waals surface area contributed by atoms with Gasteiger partial charge in [0, 0.05) is 31.1 Å². The summed E-state index contributed by atoms with van der Waals surface area (Å²) in [4.78, 5) is 23.5. The molecule has 0 aliphatic heterocycles. The Morgan fingerprint density at radius 1 is 1.10 bits per heavy atom. The van der Waals surface area contributed by atoms with Crippen molar-refractivity contribution in [1.82, 2.24) is 9.97 Å². The van der Waals surface area contributed by atoms with Gasteiger partial charge in [-0.2, -0.15) is 4.98 Å². The van der Waals surface area contributed by atoms with Crippen LogP contribution in [0.5, 0.6) is 0 Å². The molecule has 3 rings (SSSR count). The van der Waals surface area contributed by atoms with E-state index in [4.69, 9.17) is 4.74 Å². The second-order valence-corrected chi connectivity index (χ2v) is 6.71. The number of carbonyl (C=O) groups excluding carboxylic acids is 1. The molecule has 2 aromatic carbocycles. The van der Waals surface area contributed by atoms with Crippen molar-refractivity contribution in [3.8, 4) is 0 Å². The first-order chi connectivity index (χ1) is 14.1. The third-order valence-corrected chi connectivity index (χ3v) is 4.18. The summed E-state index contributed by atoms with van der Waals surface area (Å²) in [6, 6.07) is 18.4. The largest absolute Gasteiger partial charge is 0.383 e. The van der Waals surface area contributed by atoms with E-state index in [1.54, 1.807) is 19.4 Å². The number of urea groups is 1. The molecule has 0 unspecified atom stereocenters. The van der Waals surface area contributed by atoms with E-state index in [2.05, 4.69) is 20.6 Å². The number of nitrogens with zero attached hydrogens (tertiary/aromatic N) is 3. The highest BCUT2D eigenvalue weighted by Gasteiger charge is 2.20. The van der Waals surface area contributed by atoms with Crippen LogP contribution in [0.15, 0.2) is 66.9 Å². The zero-order valence-corrected chi connectivity index (χ0v) is 16.8. The number of amides is 2. The summed E-state index contributed by atoms with van der Waals surface area (Å²) in [7, 11) is 1.64. The zero-order valence-electron chi connectivity index (χ0n) is 16.8. The number of aromatic nitrogens is 2. The molecule has 7 nitrogen and oxygen atoms in total. The first kappa shape index (κ1) is 20.3. The van der Waals surface area contributed by atoms with Crippen molar-refractivity contribution in [2.45, 2.75) is 19.9 Å². The van der Waals surface area contributed by atoms with Gasteiger partial charge < -0.3 is 15.4 Å². The average Bonchev–Trinajstić information content (AvgIpc) is 2.71. The highest BCUT2D eigenvalue weighted by molar-refractivity contribution is 6.06. The van der Waals surface area contributed by atoms with E-state index in [0.29, 0.717) is 29.7 Å². The van der Waals surface area contributed by atoms with Crippen LogP contribution in [0, 0.1) is 6.92 Å². The summed E-state index contributed by atoms with van der Waals surface area (Å²) in [6.07, 6.45) is 1.62. The van der Waals surface area contributed by atoms with Gasteiger partial charge in [-0.25, -0.2) is 14.7 Å². The third-order valence-electron chi connectivity index (χ3n) is 4.18. The predicted octanol–water partition coefficient (Wildman–Crippen LogP) is 4.60. The number of methoxy groups -OCH3 is 1. The van der Waals surface area contributed by atoms with Crippen LogP contribution < -0.4 is 15.5 Å². The predicted molar refractivity (Wildman–Crippen MR) is 116 cm³/mol. The summed E-state index contributed by atoms with van der Waals surface area (Å²) >= 11 is 0. The summed E-state index contributed by atoms with van der Waals surface area (Å²) in [6.45, 7) is 4.49. The average molecular weight is 391 g/mol. The van der Waals surface area contributed by atoms with Crippen molar-refractivity contribution in [2.75, 3.05) is 29.3 Å². The van der Waals surface area contributed by atoms with Crippen LogP contribution in [0.2, 0.25) is 0 Å². The third kappa shape index (κ3) is 5.52. The Morgan fingerprint density at radius 3 is 2.52 bits per heavy atom. The maximum absolute atomic E-state index is 13.1. The minimum absolute atomic E-state index is 0.0295. The van der Waals surface area contributed by atoms with E-state index in [0.717, 1.165) is 5.56 Å². The van der Waals surface area contributed by atoms with Crippen LogP contribution in [0.3, 0.4) is 0 Å². The molecular weight excluding hydrogens is 366 g/mol. The van der Waals surface area contributed by atoms with Crippen molar-refractivity contribution in [3.63, 3.8) is 0 Å².